The molecule has 0 unspecified atom stereocenters. The molecule has 154 valence electrons. The summed E-state index contributed by atoms with van der Waals surface area (Å²) in [4.78, 5) is 25.0. The van der Waals surface area contributed by atoms with Crippen LogP contribution in [-0.4, -0.2) is 9.67 Å². The summed E-state index contributed by atoms with van der Waals surface area (Å²) in [7, 11) is 0. The molecule has 0 aliphatic heterocycles. The van der Waals surface area contributed by atoms with Gasteiger partial charge in [0.2, 0.25) is 0 Å². The summed E-state index contributed by atoms with van der Waals surface area (Å²) in [5, 5.41) is 10.5. The van der Waals surface area contributed by atoms with E-state index in [1.807, 2.05) is 6.92 Å². The number of aryl methyl sites for hydroxylation is 1. The van der Waals surface area contributed by atoms with Gasteiger partial charge in [-0.25, -0.2) is 4.79 Å². The number of rotatable bonds is 5. The predicted molar refractivity (Wildman–Crippen MR) is 104 cm³/mol. The fourth-order valence-corrected chi connectivity index (χ4v) is 3.83. The van der Waals surface area contributed by atoms with E-state index in [1.54, 1.807) is 6.92 Å². The highest BCUT2D eigenvalue weighted by molar-refractivity contribution is 7.99. The van der Waals surface area contributed by atoms with Crippen molar-refractivity contribution in [3.63, 3.8) is 0 Å². The van der Waals surface area contributed by atoms with Gasteiger partial charge < -0.3 is 14.1 Å². The lowest BCUT2D eigenvalue weighted by Crippen LogP contribution is -2.23. The molecule has 0 aliphatic carbocycles. The van der Waals surface area contributed by atoms with Crippen molar-refractivity contribution < 1.29 is 22.7 Å². The number of hydrogen-bond donors (Lipinski definition) is 1. The second-order valence-corrected chi connectivity index (χ2v) is 7.61. The molecule has 1 N–H and O–H groups in total. The third-order valence-electron chi connectivity index (χ3n) is 4.43. The highest BCUT2D eigenvalue weighted by Gasteiger charge is 2.30. The van der Waals surface area contributed by atoms with Crippen LogP contribution in [0.1, 0.15) is 31.0 Å². The van der Waals surface area contributed by atoms with Crippen LogP contribution in [0, 0.1) is 6.92 Å². The second kappa shape index (κ2) is 7.98. The van der Waals surface area contributed by atoms with Crippen molar-refractivity contribution in [3.8, 4) is 5.75 Å². The minimum absolute atomic E-state index is 0.0591. The van der Waals surface area contributed by atoms with Crippen molar-refractivity contribution in [1.29, 1.82) is 0 Å². The second-order valence-electron chi connectivity index (χ2n) is 6.53. The number of hydrogen-bond acceptors (Lipinski definition) is 5. The minimum Gasteiger partial charge on any atom is -0.505 e. The Balaban J connectivity index is 2.15. The molecule has 1 aromatic carbocycles. The SMILES string of the molecule is CCCCn1c(C)cc2oc(=O)c(Sc3cccc(C(F)(F)F)c3)c(O)c2c1=O. The van der Waals surface area contributed by atoms with Gasteiger partial charge >= 0.3 is 11.8 Å². The molecule has 0 aliphatic rings. The van der Waals surface area contributed by atoms with Gasteiger partial charge in [0.05, 0.1) is 5.56 Å². The van der Waals surface area contributed by atoms with E-state index in [1.165, 1.54) is 22.8 Å². The van der Waals surface area contributed by atoms with Crippen molar-refractivity contribution in [2.75, 3.05) is 0 Å². The largest absolute Gasteiger partial charge is 0.505 e. The highest BCUT2D eigenvalue weighted by atomic mass is 32.2. The zero-order valence-electron chi connectivity index (χ0n) is 15.7. The lowest BCUT2D eigenvalue weighted by Gasteiger charge is -2.12. The number of aromatic hydroxyl groups is 1. The van der Waals surface area contributed by atoms with Gasteiger partial charge in [0.1, 0.15) is 15.9 Å². The minimum atomic E-state index is -4.54. The normalized spacial score (nSPS) is 11.9. The maximum Gasteiger partial charge on any atom is 0.416 e. The summed E-state index contributed by atoms with van der Waals surface area (Å²) in [6, 6.07) is 5.83. The van der Waals surface area contributed by atoms with Gasteiger partial charge in [-0.05, 0) is 31.5 Å². The quantitative estimate of drug-likeness (QED) is 0.627. The fraction of sp³-hybridized carbons (Fsp3) is 0.300. The fourth-order valence-electron chi connectivity index (χ4n) is 2.93. The van der Waals surface area contributed by atoms with Crippen LogP contribution in [0.2, 0.25) is 0 Å². The van der Waals surface area contributed by atoms with E-state index in [-0.39, 0.29) is 20.8 Å². The van der Waals surface area contributed by atoms with Crippen LogP contribution < -0.4 is 11.2 Å². The van der Waals surface area contributed by atoms with E-state index in [2.05, 4.69) is 0 Å². The Labute approximate surface area is 167 Å². The maximum absolute atomic E-state index is 12.9. The third-order valence-corrected chi connectivity index (χ3v) is 5.48. The zero-order chi connectivity index (χ0) is 21.3. The van der Waals surface area contributed by atoms with Crippen molar-refractivity contribution in [2.24, 2.45) is 0 Å². The Morgan fingerprint density at radius 1 is 1.21 bits per heavy atom. The highest BCUT2D eigenvalue weighted by Crippen LogP contribution is 2.38. The summed E-state index contributed by atoms with van der Waals surface area (Å²) in [5.74, 6) is -0.589. The molecule has 2 aromatic heterocycles. The van der Waals surface area contributed by atoms with Gasteiger partial charge in [0.15, 0.2) is 5.75 Å². The lowest BCUT2D eigenvalue weighted by atomic mass is 10.2. The summed E-state index contributed by atoms with van der Waals surface area (Å²) >= 11 is 0.618. The summed E-state index contributed by atoms with van der Waals surface area (Å²) in [5.41, 5.74) is -1.80. The van der Waals surface area contributed by atoms with Gasteiger partial charge in [-0.3, -0.25) is 4.79 Å². The van der Waals surface area contributed by atoms with Crippen LogP contribution in [-0.2, 0) is 12.7 Å². The van der Waals surface area contributed by atoms with Gasteiger partial charge in [-0.15, -0.1) is 0 Å². The van der Waals surface area contributed by atoms with E-state index in [0.717, 1.165) is 25.0 Å². The molecular formula is C20H18F3NO4S. The Bertz CT molecular complexity index is 1180. The topological polar surface area (TPSA) is 72.4 Å². The van der Waals surface area contributed by atoms with Crippen molar-refractivity contribution >= 4 is 22.7 Å². The molecule has 0 spiro atoms. The molecule has 29 heavy (non-hydrogen) atoms. The lowest BCUT2D eigenvalue weighted by molar-refractivity contribution is -0.137. The number of aromatic nitrogens is 1. The Morgan fingerprint density at radius 3 is 2.59 bits per heavy atom. The monoisotopic (exact) mass is 425 g/mol. The molecule has 0 radical (unpaired) electrons. The van der Waals surface area contributed by atoms with E-state index >= 15 is 0 Å². The molecule has 0 saturated heterocycles. The molecule has 2 heterocycles. The Morgan fingerprint density at radius 2 is 1.93 bits per heavy atom. The number of fused-ring (bicyclic) bond motifs is 1. The average molecular weight is 425 g/mol. The van der Waals surface area contributed by atoms with Gasteiger partial charge in [-0.1, -0.05) is 31.2 Å². The molecule has 0 atom stereocenters. The Hall–Kier alpha value is -2.68. The van der Waals surface area contributed by atoms with Crippen LogP contribution in [0.15, 0.2) is 54.1 Å². The maximum atomic E-state index is 12.9. The zero-order valence-corrected chi connectivity index (χ0v) is 16.5. The molecule has 9 heteroatoms. The van der Waals surface area contributed by atoms with Gasteiger partial charge in [0.25, 0.3) is 5.56 Å². The third kappa shape index (κ3) is 4.19. The Kier molecular flexibility index (Phi) is 5.79. The average Bonchev–Trinajstić information content (AvgIpc) is 2.64. The summed E-state index contributed by atoms with van der Waals surface area (Å²) < 4.78 is 45.5. The van der Waals surface area contributed by atoms with Crippen molar-refractivity contribution in [3.05, 3.63) is 62.4 Å². The first-order valence-electron chi connectivity index (χ1n) is 8.88. The number of alkyl halides is 3. The molecule has 3 rings (SSSR count). The summed E-state index contributed by atoms with van der Waals surface area (Å²) in [6.45, 7) is 4.10. The van der Waals surface area contributed by atoms with E-state index in [9.17, 15) is 27.9 Å². The van der Waals surface area contributed by atoms with E-state index in [4.69, 9.17) is 4.42 Å². The van der Waals surface area contributed by atoms with Crippen LogP contribution in [0.25, 0.3) is 11.0 Å². The summed E-state index contributed by atoms with van der Waals surface area (Å²) in [6.07, 6.45) is -2.94. The predicted octanol–water partition coefficient (Wildman–Crippen LogP) is 4.94. The van der Waals surface area contributed by atoms with Gasteiger partial charge in [-0.2, -0.15) is 13.2 Å². The van der Waals surface area contributed by atoms with Gasteiger partial charge in [0, 0.05) is 23.2 Å². The number of pyridine rings is 1. The first kappa shape index (κ1) is 21.0. The van der Waals surface area contributed by atoms with Crippen LogP contribution in [0.5, 0.6) is 5.75 Å². The molecule has 0 saturated carbocycles. The first-order chi connectivity index (χ1) is 13.6. The number of nitrogens with zero attached hydrogens (tertiary/aromatic N) is 1. The molecule has 0 fully saturated rings. The number of unbranched alkanes of at least 4 members (excludes halogenated alkanes) is 1. The molecule has 5 nitrogen and oxygen atoms in total. The molecule has 0 bridgehead atoms. The first-order valence-corrected chi connectivity index (χ1v) is 9.70. The van der Waals surface area contributed by atoms with Crippen LogP contribution >= 0.6 is 11.8 Å². The molecular weight excluding hydrogens is 407 g/mol. The molecule has 3 aromatic rings. The number of halogens is 3. The standard InChI is InChI=1S/C20H18F3NO4S/c1-3-4-8-24-11(2)9-14-15(18(24)26)16(25)17(19(27)28-14)29-13-7-5-6-12(10-13)20(21,22)23/h5-7,9-10,25H,3-4,8H2,1-2H3. The van der Waals surface area contributed by atoms with Crippen LogP contribution in [0.4, 0.5) is 13.2 Å². The number of benzene rings is 1. The van der Waals surface area contributed by atoms with E-state index in [0.29, 0.717) is 24.0 Å². The van der Waals surface area contributed by atoms with E-state index < -0.39 is 28.7 Å². The molecule has 0 amide bonds. The van der Waals surface area contributed by atoms with Crippen molar-refractivity contribution in [2.45, 2.75) is 49.2 Å². The smallest absolute Gasteiger partial charge is 0.416 e. The van der Waals surface area contributed by atoms with Crippen molar-refractivity contribution in [1.82, 2.24) is 4.57 Å². The van der Waals surface area contributed by atoms with Crippen LogP contribution in [0.3, 0.4) is 0 Å².